The maximum Gasteiger partial charge on any atom is 0.241 e. The van der Waals surface area contributed by atoms with E-state index in [0.717, 1.165) is 22.8 Å². The number of anilines is 1. The highest BCUT2D eigenvalue weighted by molar-refractivity contribution is 7.89. The van der Waals surface area contributed by atoms with Gasteiger partial charge in [0.2, 0.25) is 15.9 Å². The van der Waals surface area contributed by atoms with Gasteiger partial charge in [0.25, 0.3) is 0 Å². The molecule has 2 aliphatic carbocycles. The summed E-state index contributed by atoms with van der Waals surface area (Å²) < 4.78 is 58.2. The molecule has 0 radical (unpaired) electrons. The van der Waals surface area contributed by atoms with Gasteiger partial charge in [-0.25, -0.2) is 26.9 Å². The van der Waals surface area contributed by atoms with Crippen molar-refractivity contribution in [3.63, 3.8) is 0 Å². The van der Waals surface area contributed by atoms with Gasteiger partial charge in [-0.15, -0.1) is 0 Å². The van der Waals surface area contributed by atoms with Gasteiger partial charge in [-0.05, 0) is 84.3 Å². The van der Waals surface area contributed by atoms with Crippen LogP contribution in [0.3, 0.4) is 0 Å². The number of nitrogens with zero attached hydrogens (tertiary/aromatic N) is 3. The number of hydrogen-bond acceptors (Lipinski definition) is 4. The highest BCUT2D eigenvalue weighted by Gasteiger charge is 2.46. The van der Waals surface area contributed by atoms with Gasteiger partial charge in [0.15, 0.2) is 0 Å². The van der Waals surface area contributed by atoms with E-state index in [2.05, 4.69) is 9.71 Å². The fraction of sp³-hybridized carbons (Fsp3) is 0.267. The number of sulfonamides is 1. The van der Waals surface area contributed by atoms with Crippen LogP contribution in [0, 0.1) is 17.6 Å². The van der Waals surface area contributed by atoms with E-state index in [1.54, 1.807) is 17.2 Å². The van der Waals surface area contributed by atoms with Crippen molar-refractivity contribution in [1.82, 2.24) is 14.3 Å². The van der Waals surface area contributed by atoms with E-state index in [1.807, 2.05) is 42.1 Å². The third-order valence-electron chi connectivity index (χ3n) is 7.79. The number of aryl methyl sites for hydroxylation is 2. The Bertz CT molecular complexity index is 1700. The molecule has 1 heterocycles. The van der Waals surface area contributed by atoms with E-state index < -0.39 is 21.9 Å². The monoisotopic (exact) mass is 562 g/mol. The summed E-state index contributed by atoms with van der Waals surface area (Å²) in [4.78, 5) is 19.8. The maximum absolute atomic E-state index is 13.9. The van der Waals surface area contributed by atoms with E-state index in [9.17, 15) is 22.0 Å². The Morgan fingerprint density at radius 3 is 2.58 bits per heavy atom. The Hall–Kier alpha value is -3.89. The van der Waals surface area contributed by atoms with Crippen molar-refractivity contribution >= 4 is 21.6 Å². The van der Waals surface area contributed by atoms with Gasteiger partial charge in [-0.2, -0.15) is 0 Å². The van der Waals surface area contributed by atoms with Crippen LogP contribution < -0.4 is 9.62 Å². The third-order valence-corrected chi connectivity index (χ3v) is 9.26. The largest absolute Gasteiger partial charge is 0.337 e. The van der Waals surface area contributed by atoms with Crippen LogP contribution in [-0.4, -0.2) is 23.9 Å². The van der Waals surface area contributed by atoms with Crippen molar-refractivity contribution in [2.75, 3.05) is 4.90 Å². The van der Waals surface area contributed by atoms with Gasteiger partial charge in [-0.3, -0.25) is 4.79 Å². The summed E-state index contributed by atoms with van der Waals surface area (Å²) in [6, 6.07) is 16.4. The van der Waals surface area contributed by atoms with Crippen molar-refractivity contribution in [2.24, 2.45) is 13.0 Å². The zero-order chi connectivity index (χ0) is 28.0. The van der Waals surface area contributed by atoms with Crippen molar-refractivity contribution in [3.8, 4) is 0 Å². The lowest BCUT2D eigenvalue weighted by Crippen LogP contribution is -2.33. The third kappa shape index (κ3) is 5.16. The summed E-state index contributed by atoms with van der Waals surface area (Å²) in [6.07, 6.45) is 5.32. The summed E-state index contributed by atoms with van der Waals surface area (Å²) in [5.41, 5.74) is 3.21. The van der Waals surface area contributed by atoms with Crippen molar-refractivity contribution in [2.45, 2.75) is 42.7 Å². The first-order valence-electron chi connectivity index (χ1n) is 13.1. The van der Waals surface area contributed by atoms with Crippen molar-refractivity contribution in [3.05, 3.63) is 113 Å². The fourth-order valence-electron chi connectivity index (χ4n) is 5.53. The minimum Gasteiger partial charge on any atom is -0.337 e. The van der Waals surface area contributed by atoms with Crippen LogP contribution in [0.2, 0.25) is 0 Å². The predicted molar refractivity (Wildman–Crippen MR) is 146 cm³/mol. The molecule has 1 aromatic heterocycles. The Labute approximate surface area is 231 Å². The number of carbonyl (C=O) groups excluding carboxylic acids is 1. The number of nitrogens with one attached hydrogen (secondary N) is 1. The molecule has 0 unspecified atom stereocenters. The minimum atomic E-state index is -3.96. The second-order valence-corrected chi connectivity index (χ2v) is 12.1. The molecule has 6 rings (SSSR count). The summed E-state index contributed by atoms with van der Waals surface area (Å²) >= 11 is 0. The first kappa shape index (κ1) is 26.3. The molecule has 3 aromatic carbocycles. The average Bonchev–Trinajstić information content (AvgIpc) is 3.50. The van der Waals surface area contributed by atoms with Crippen LogP contribution in [0.25, 0.3) is 0 Å². The van der Waals surface area contributed by atoms with Crippen LogP contribution in [0.1, 0.15) is 47.3 Å². The topological polar surface area (TPSA) is 84.3 Å². The molecule has 2 aliphatic rings. The summed E-state index contributed by atoms with van der Waals surface area (Å²) in [5, 5.41) is 0. The van der Waals surface area contributed by atoms with Crippen molar-refractivity contribution < 1.29 is 22.0 Å². The van der Waals surface area contributed by atoms with E-state index in [4.69, 9.17) is 0 Å². The number of fused-ring (bicyclic) bond motifs is 1. The van der Waals surface area contributed by atoms with Gasteiger partial charge < -0.3 is 9.47 Å². The normalized spacial score (nSPS) is 19.8. The van der Waals surface area contributed by atoms with E-state index >= 15 is 0 Å². The fourth-order valence-corrected chi connectivity index (χ4v) is 6.81. The minimum absolute atomic E-state index is 0.0627. The highest BCUT2D eigenvalue weighted by atomic mass is 32.2. The molecule has 10 heteroatoms. The number of amides is 1. The first-order chi connectivity index (χ1) is 19.2. The molecule has 0 bridgehead atoms. The molecule has 4 aromatic rings. The standard InChI is InChI=1S/C30H28F2N4O3S/c1-35-13-12-33-29(35)18-36(30(37)27-17-25(27)20-4-2-5-21(31)14-20)23-10-8-19-9-11-28(26(19)16-23)34-40(38,39)24-7-3-6-22(32)15-24/h2-8,10,12-16,25,27-28,34H,9,11,17-18H2,1H3/t25-,27+,28-/m1/s1. The van der Waals surface area contributed by atoms with Crippen LogP contribution in [-0.2, 0) is 34.8 Å². The van der Waals surface area contributed by atoms with Gasteiger partial charge in [-0.1, -0.05) is 24.3 Å². The van der Waals surface area contributed by atoms with Gasteiger partial charge in [0.1, 0.15) is 17.5 Å². The second-order valence-electron chi connectivity index (χ2n) is 10.4. The number of benzene rings is 3. The van der Waals surface area contributed by atoms with Gasteiger partial charge >= 0.3 is 0 Å². The van der Waals surface area contributed by atoms with E-state index in [0.29, 0.717) is 30.8 Å². The Balaban J connectivity index is 1.30. The van der Waals surface area contributed by atoms with Crippen molar-refractivity contribution in [1.29, 1.82) is 0 Å². The molecule has 1 N–H and O–H groups in total. The van der Waals surface area contributed by atoms with Crippen LogP contribution in [0.5, 0.6) is 0 Å². The maximum atomic E-state index is 13.9. The van der Waals surface area contributed by atoms with Crippen LogP contribution in [0.4, 0.5) is 14.5 Å². The van der Waals surface area contributed by atoms with E-state index in [1.165, 1.54) is 30.3 Å². The van der Waals surface area contributed by atoms with Gasteiger partial charge in [0.05, 0.1) is 11.4 Å². The molecular formula is C30H28F2N4O3S. The molecule has 206 valence electrons. The Morgan fingerprint density at radius 2 is 1.85 bits per heavy atom. The highest BCUT2D eigenvalue weighted by Crippen LogP contribution is 2.49. The molecule has 7 nitrogen and oxygen atoms in total. The lowest BCUT2D eigenvalue weighted by Gasteiger charge is -2.25. The van der Waals surface area contributed by atoms with Crippen LogP contribution in [0.15, 0.2) is 84.0 Å². The molecule has 1 fully saturated rings. The molecule has 0 spiro atoms. The quantitative estimate of drug-likeness (QED) is 0.328. The van der Waals surface area contributed by atoms with Gasteiger partial charge in [0, 0.05) is 37.1 Å². The first-order valence-corrected chi connectivity index (χ1v) is 14.6. The molecular weight excluding hydrogens is 534 g/mol. The lowest BCUT2D eigenvalue weighted by atomic mass is 10.1. The molecule has 1 amide bonds. The number of halogens is 2. The lowest BCUT2D eigenvalue weighted by molar-refractivity contribution is -0.120. The molecule has 0 saturated heterocycles. The Kier molecular flexibility index (Phi) is 6.75. The molecule has 0 aliphatic heterocycles. The molecule has 40 heavy (non-hydrogen) atoms. The molecule has 3 atom stereocenters. The number of rotatable bonds is 8. The number of imidazole rings is 1. The Morgan fingerprint density at radius 1 is 1.07 bits per heavy atom. The SMILES string of the molecule is Cn1ccnc1CN(C(=O)[C@H]1C[C@@H]1c1cccc(F)c1)c1ccc2c(c1)[C@H](NS(=O)(=O)c1cccc(F)c1)CC2. The average molecular weight is 563 g/mol. The summed E-state index contributed by atoms with van der Waals surface area (Å²) in [5.74, 6) is -0.708. The zero-order valence-electron chi connectivity index (χ0n) is 21.8. The molecule has 1 saturated carbocycles. The van der Waals surface area contributed by atoms with Crippen LogP contribution >= 0.6 is 0 Å². The second kappa shape index (κ2) is 10.3. The predicted octanol–water partition coefficient (Wildman–Crippen LogP) is 5.00. The summed E-state index contributed by atoms with van der Waals surface area (Å²) in [7, 11) is -2.11. The zero-order valence-corrected chi connectivity index (χ0v) is 22.6. The number of carbonyl (C=O) groups is 1. The smallest absolute Gasteiger partial charge is 0.241 e. The van der Waals surface area contributed by atoms with E-state index in [-0.39, 0.29) is 35.0 Å². The number of aromatic nitrogens is 2. The summed E-state index contributed by atoms with van der Waals surface area (Å²) in [6.45, 7) is 0.229. The number of hydrogen-bond donors (Lipinski definition) is 1.